The van der Waals surface area contributed by atoms with E-state index in [4.69, 9.17) is 4.74 Å². The highest BCUT2D eigenvalue weighted by atomic mass is 19.4. The molecule has 0 saturated heterocycles. The molecule has 0 bridgehead atoms. The van der Waals surface area contributed by atoms with E-state index in [1.807, 2.05) is 0 Å². The standard InChI is InChI=1S/C24H27F3N2O4/c1-5-33-23(32)21-14(2)20(15(3)28(21)4)19(30)13-29(12-16-6-7-16)22(31)17-8-10-18(11-9-17)24(25,26)27/h8-11,16H,5-7,12-13H2,1-4H3. The minimum atomic E-state index is -4.50. The van der Waals surface area contributed by atoms with Gasteiger partial charge in [0, 0.05) is 30.4 Å². The molecule has 1 aromatic heterocycles. The summed E-state index contributed by atoms with van der Waals surface area (Å²) in [5.41, 5.74) is 0.929. The number of carbonyl (C=O) groups excluding carboxylic acids is 3. The van der Waals surface area contributed by atoms with Gasteiger partial charge in [-0.3, -0.25) is 9.59 Å². The van der Waals surface area contributed by atoms with Gasteiger partial charge in [-0.1, -0.05) is 0 Å². The topological polar surface area (TPSA) is 68.6 Å². The first-order chi connectivity index (χ1) is 15.5. The van der Waals surface area contributed by atoms with Crippen LogP contribution in [0.2, 0.25) is 0 Å². The summed E-state index contributed by atoms with van der Waals surface area (Å²) in [5, 5.41) is 0. The summed E-state index contributed by atoms with van der Waals surface area (Å²) >= 11 is 0. The average Bonchev–Trinajstić information content (AvgIpc) is 3.53. The van der Waals surface area contributed by atoms with Crippen LogP contribution in [0.4, 0.5) is 13.2 Å². The number of ether oxygens (including phenoxy) is 1. The molecule has 3 rings (SSSR count). The maximum atomic E-state index is 13.3. The molecule has 1 aliphatic rings. The van der Waals surface area contributed by atoms with E-state index in [9.17, 15) is 27.6 Å². The molecule has 1 heterocycles. The summed E-state index contributed by atoms with van der Waals surface area (Å²) in [6.07, 6.45) is -2.63. The molecule has 1 saturated carbocycles. The second kappa shape index (κ2) is 9.41. The number of hydrogen-bond acceptors (Lipinski definition) is 4. The lowest BCUT2D eigenvalue weighted by atomic mass is 10.0. The first kappa shape index (κ1) is 24.5. The minimum absolute atomic E-state index is 0.0881. The second-order valence-electron chi connectivity index (χ2n) is 8.34. The number of benzene rings is 1. The van der Waals surface area contributed by atoms with Crippen molar-refractivity contribution in [2.75, 3.05) is 19.7 Å². The quantitative estimate of drug-likeness (QED) is 0.424. The second-order valence-corrected chi connectivity index (χ2v) is 8.34. The molecular weight excluding hydrogens is 437 g/mol. The van der Waals surface area contributed by atoms with Crippen molar-refractivity contribution >= 4 is 17.7 Å². The predicted octanol–water partition coefficient (Wildman–Crippen LogP) is 4.57. The van der Waals surface area contributed by atoms with Crippen LogP contribution < -0.4 is 0 Å². The molecule has 2 aromatic rings. The van der Waals surface area contributed by atoms with Gasteiger partial charge >= 0.3 is 12.1 Å². The zero-order valence-electron chi connectivity index (χ0n) is 19.1. The molecule has 0 unspecified atom stereocenters. The Bertz CT molecular complexity index is 1070. The molecule has 0 aliphatic heterocycles. The van der Waals surface area contributed by atoms with Crippen molar-refractivity contribution in [3.63, 3.8) is 0 Å². The summed E-state index contributed by atoms with van der Waals surface area (Å²) in [6.45, 7) is 5.38. The van der Waals surface area contributed by atoms with Crippen LogP contribution in [-0.4, -0.2) is 46.8 Å². The van der Waals surface area contributed by atoms with E-state index in [-0.39, 0.29) is 36.1 Å². The number of alkyl halides is 3. The Balaban J connectivity index is 1.86. The molecular formula is C24H27F3N2O4. The molecule has 6 nitrogen and oxygen atoms in total. The van der Waals surface area contributed by atoms with Crippen LogP contribution >= 0.6 is 0 Å². The largest absolute Gasteiger partial charge is 0.461 e. The third-order valence-corrected chi connectivity index (χ3v) is 5.93. The maximum absolute atomic E-state index is 13.3. The molecule has 1 amide bonds. The smallest absolute Gasteiger partial charge is 0.416 e. The summed E-state index contributed by atoms with van der Waals surface area (Å²) in [4.78, 5) is 40.1. The van der Waals surface area contributed by atoms with Gasteiger partial charge < -0.3 is 14.2 Å². The number of nitrogens with zero attached hydrogens (tertiary/aromatic N) is 2. The van der Waals surface area contributed by atoms with Gasteiger partial charge in [-0.05, 0) is 69.4 Å². The minimum Gasteiger partial charge on any atom is -0.461 e. The van der Waals surface area contributed by atoms with Crippen molar-refractivity contribution in [2.24, 2.45) is 13.0 Å². The van der Waals surface area contributed by atoms with Crippen molar-refractivity contribution in [2.45, 2.75) is 39.8 Å². The Hall–Kier alpha value is -3.10. The Kier molecular flexibility index (Phi) is 7.00. The van der Waals surface area contributed by atoms with Crippen molar-refractivity contribution in [3.05, 3.63) is 57.9 Å². The number of halogens is 3. The highest BCUT2D eigenvalue weighted by Crippen LogP contribution is 2.32. The molecule has 1 aromatic carbocycles. The SMILES string of the molecule is CCOC(=O)c1c(C)c(C(=O)CN(CC2CC2)C(=O)c2ccc(C(F)(F)F)cc2)c(C)n1C. The third-order valence-electron chi connectivity index (χ3n) is 5.93. The van der Waals surface area contributed by atoms with Crippen LogP contribution in [-0.2, 0) is 18.0 Å². The summed E-state index contributed by atoms with van der Waals surface area (Å²) in [7, 11) is 1.67. The highest BCUT2D eigenvalue weighted by Gasteiger charge is 2.33. The van der Waals surface area contributed by atoms with Gasteiger partial charge in [-0.15, -0.1) is 0 Å². The van der Waals surface area contributed by atoms with Crippen LogP contribution in [0.15, 0.2) is 24.3 Å². The van der Waals surface area contributed by atoms with E-state index < -0.39 is 23.6 Å². The van der Waals surface area contributed by atoms with Crippen molar-refractivity contribution in [3.8, 4) is 0 Å². The number of esters is 1. The number of ketones is 1. The van der Waals surface area contributed by atoms with Gasteiger partial charge in [-0.2, -0.15) is 13.2 Å². The van der Waals surface area contributed by atoms with Gasteiger partial charge in [0.2, 0.25) is 0 Å². The molecule has 0 N–H and O–H groups in total. The molecule has 0 atom stereocenters. The summed E-state index contributed by atoms with van der Waals surface area (Å²) in [6, 6.07) is 3.99. The van der Waals surface area contributed by atoms with Gasteiger partial charge in [0.25, 0.3) is 5.91 Å². The van der Waals surface area contributed by atoms with Gasteiger partial charge in [0.15, 0.2) is 5.78 Å². The summed E-state index contributed by atoms with van der Waals surface area (Å²) < 4.78 is 45.3. The lowest BCUT2D eigenvalue weighted by Gasteiger charge is -2.22. The lowest BCUT2D eigenvalue weighted by molar-refractivity contribution is -0.137. The first-order valence-corrected chi connectivity index (χ1v) is 10.8. The van der Waals surface area contributed by atoms with E-state index in [0.29, 0.717) is 23.4 Å². The number of amides is 1. The summed E-state index contributed by atoms with van der Waals surface area (Å²) in [5.74, 6) is -1.10. The Morgan fingerprint density at radius 3 is 2.24 bits per heavy atom. The predicted molar refractivity (Wildman–Crippen MR) is 115 cm³/mol. The van der Waals surface area contributed by atoms with Crippen LogP contribution in [0, 0.1) is 19.8 Å². The Labute approximate surface area is 190 Å². The van der Waals surface area contributed by atoms with Gasteiger partial charge in [0.1, 0.15) is 5.69 Å². The van der Waals surface area contributed by atoms with E-state index in [2.05, 4.69) is 0 Å². The number of carbonyl (C=O) groups is 3. The molecule has 1 fully saturated rings. The zero-order valence-corrected chi connectivity index (χ0v) is 19.1. The van der Waals surface area contributed by atoms with E-state index in [0.717, 1.165) is 37.1 Å². The molecule has 33 heavy (non-hydrogen) atoms. The fourth-order valence-electron chi connectivity index (χ4n) is 3.95. The van der Waals surface area contributed by atoms with E-state index in [1.54, 1.807) is 32.4 Å². The molecule has 0 radical (unpaired) electrons. The molecule has 0 spiro atoms. The number of hydrogen-bond donors (Lipinski definition) is 0. The first-order valence-electron chi connectivity index (χ1n) is 10.8. The van der Waals surface area contributed by atoms with Crippen molar-refractivity contribution < 1.29 is 32.3 Å². The van der Waals surface area contributed by atoms with Crippen LogP contribution in [0.25, 0.3) is 0 Å². The molecule has 1 aliphatic carbocycles. The maximum Gasteiger partial charge on any atom is 0.416 e. The van der Waals surface area contributed by atoms with E-state index >= 15 is 0 Å². The van der Waals surface area contributed by atoms with E-state index in [1.165, 1.54) is 4.90 Å². The van der Waals surface area contributed by atoms with Crippen LogP contribution in [0.5, 0.6) is 0 Å². The van der Waals surface area contributed by atoms with Gasteiger partial charge in [-0.25, -0.2) is 4.79 Å². The van der Waals surface area contributed by atoms with Crippen molar-refractivity contribution in [1.29, 1.82) is 0 Å². The lowest BCUT2D eigenvalue weighted by Crippen LogP contribution is -2.37. The number of Topliss-reactive ketones (excluding diaryl/α,β-unsaturated/α-hetero) is 1. The third kappa shape index (κ3) is 5.29. The normalized spacial score (nSPS) is 13.7. The monoisotopic (exact) mass is 464 g/mol. The fraction of sp³-hybridized carbons (Fsp3) is 0.458. The average molecular weight is 464 g/mol. The fourth-order valence-corrected chi connectivity index (χ4v) is 3.95. The zero-order chi connectivity index (χ0) is 24.5. The van der Waals surface area contributed by atoms with Crippen molar-refractivity contribution in [1.82, 2.24) is 9.47 Å². The molecule has 9 heteroatoms. The van der Waals surface area contributed by atoms with Crippen LogP contribution in [0.1, 0.15) is 67.8 Å². The highest BCUT2D eigenvalue weighted by molar-refractivity contribution is 6.06. The number of rotatable bonds is 8. The Morgan fingerprint density at radius 1 is 1.12 bits per heavy atom. The van der Waals surface area contributed by atoms with Gasteiger partial charge in [0.05, 0.1) is 18.7 Å². The molecule has 178 valence electrons. The van der Waals surface area contributed by atoms with Crippen LogP contribution in [0.3, 0.4) is 0 Å². The Morgan fingerprint density at radius 2 is 1.73 bits per heavy atom. The number of aromatic nitrogens is 1.